The quantitative estimate of drug-likeness (QED) is 0.534. The maximum absolute atomic E-state index is 12.5. The van der Waals surface area contributed by atoms with Gasteiger partial charge >= 0.3 is 0 Å². The van der Waals surface area contributed by atoms with Crippen molar-refractivity contribution in [1.29, 1.82) is 0 Å². The monoisotopic (exact) mass is 147 g/mol. The van der Waals surface area contributed by atoms with E-state index in [-0.39, 0.29) is 12.8 Å². The van der Waals surface area contributed by atoms with Crippen LogP contribution in [0, 0.1) is 12.8 Å². The molecule has 0 unspecified atom stereocenters. The smallest absolute Gasteiger partial charge is 0.207 e. The average molecular weight is 147 g/mol. The molecule has 0 heterocycles. The van der Waals surface area contributed by atoms with Gasteiger partial charge in [-0.1, -0.05) is 13.3 Å². The first-order valence-corrected chi connectivity index (χ1v) is 3.81. The molecule has 1 rings (SSSR count). The molecule has 1 aliphatic rings. The SMILES string of the molecule is [CH2]CC1CCC(F)(F)CC1. The fraction of sp³-hybridized carbons (Fsp3) is 0.875. The normalized spacial score (nSPS) is 26.7. The molecule has 0 N–H and O–H groups in total. The maximum Gasteiger partial charge on any atom is 0.248 e. The lowest BCUT2D eigenvalue weighted by Crippen LogP contribution is -2.24. The van der Waals surface area contributed by atoms with Gasteiger partial charge in [-0.05, 0) is 18.8 Å². The van der Waals surface area contributed by atoms with Gasteiger partial charge in [-0.25, -0.2) is 8.78 Å². The van der Waals surface area contributed by atoms with Crippen molar-refractivity contribution in [2.45, 2.75) is 38.0 Å². The molecule has 0 aromatic carbocycles. The fourth-order valence-corrected chi connectivity index (χ4v) is 1.39. The van der Waals surface area contributed by atoms with E-state index in [1.54, 1.807) is 0 Å². The Hall–Kier alpha value is -0.140. The zero-order chi connectivity index (χ0) is 7.61. The van der Waals surface area contributed by atoms with Crippen LogP contribution in [0.15, 0.2) is 0 Å². The molecule has 0 saturated heterocycles. The van der Waals surface area contributed by atoms with Crippen LogP contribution in [-0.4, -0.2) is 5.92 Å². The zero-order valence-corrected chi connectivity index (χ0v) is 6.08. The Morgan fingerprint density at radius 1 is 1.30 bits per heavy atom. The summed E-state index contributed by atoms with van der Waals surface area (Å²) < 4.78 is 25.0. The van der Waals surface area contributed by atoms with Gasteiger partial charge < -0.3 is 0 Å². The van der Waals surface area contributed by atoms with Crippen molar-refractivity contribution in [2.75, 3.05) is 0 Å². The Labute approximate surface area is 60.6 Å². The van der Waals surface area contributed by atoms with E-state index < -0.39 is 5.92 Å². The van der Waals surface area contributed by atoms with Crippen LogP contribution >= 0.6 is 0 Å². The van der Waals surface area contributed by atoms with Crippen LogP contribution in [-0.2, 0) is 0 Å². The summed E-state index contributed by atoms with van der Waals surface area (Å²) in [7, 11) is 0. The molecular weight excluding hydrogens is 134 g/mol. The van der Waals surface area contributed by atoms with E-state index in [0.717, 1.165) is 6.42 Å². The minimum absolute atomic E-state index is 0.0766. The second-order valence-corrected chi connectivity index (χ2v) is 3.09. The van der Waals surface area contributed by atoms with Crippen molar-refractivity contribution in [3.63, 3.8) is 0 Å². The molecule has 0 atom stereocenters. The van der Waals surface area contributed by atoms with Crippen LogP contribution in [0.2, 0.25) is 0 Å². The first-order valence-electron chi connectivity index (χ1n) is 3.81. The maximum atomic E-state index is 12.5. The van der Waals surface area contributed by atoms with Gasteiger partial charge in [0.25, 0.3) is 0 Å². The van der Waals surface area contributed by atoms with Crippen molar-refractivity contribution >= 4 is 0 Å². The van der Waals surface area contributed by atoms with Crippen LogP contribution in [0.25, 0.3) is 0 Å². The first kappa shape index (κ1) is 7.96. The minimum atomic E-state index is -2.37. The Morgan fingerprint density at radius 2 is 1.80 bits per heavy atom. The minimum Gasteiger partial charge on any atom is -0.207 e. The summed E-state index contributed by atoms with van der Waals surface area (Å²) in [6.07, 6.45) is 2.30. The molecule has 0 nitrogen and oxygen atoms in total. The standard InChI is InChI=1S/C8H13F2/c1-2-7-3-5-8(9,10)6-4-7/h7H,1-6H2. The summed E-state index contributed by atoms with van der Waals surface area (Å²) in [5, 5.41) is 0. The van der Waals surface area contributed by atoms with Gasteiger partial charge in [-0.15, -0.1) is 0 Å². The largest absolute Gasteiger partial charge is 0.248 e. The summed E-state index contributed by atoms with van der Waals surface area (Å²) in [5.41, 5.74) is 0. The topological polar surface area (TPSA) is 0 Å². The third-order valence-corrected chi connectivity index (χ3v) is 2.24. The van der Waals surface area contributed by atoms with Gasteiger partial charge in [-0.3, -0.25) is 0 Å². The Morgan fingerprint density at radius 3 is 2.20 bits per heavy atom. The molecule has 1 radical (unpaired) electrons. The van der Waals surface area contributed by atoms with E-state index >= 15 is 0 Å². The van der Waals surface area contributed by atoms with Crippen LogP contribution in [0.3, 0.4) is 0 Å². The molecule has 0 spiro atoms. The van der Waals surface area contributed by atoms with E-state index in [4.69, 9.17) is 0 Å². The van der Waals surface area contributed by atoms with E-state index in [1.807, 2.05) is 0 Å². The number of hydrogen-bond acceptors (Lipinski definition) is 0. The van der Waals surface area contributed by atoms with Gasteiger partial charge in [0.1, 0.15) is 0 Å². The van der Waals surface area contributed by atoms with Gasteiger partial charge in [0.2, 0.25) is 5.92 Å². The van der Waals surface area contributed by atoms with Crippen molar-refractivity contribution in [3.8, 4) is 0 Å². The number of hydrogen-bond donors (Lipinski definition) is 0. The van der Waals surface area contributed by atoms with E-state index in [0.29, 0.717) is 18.8 Å². The van der Waals surface area contributed by atoms with Crippen molar-refractivity contribution in [1.82, 2.24) is 0 Å². The van der Waals surface area contributed by atoms with E-state index in [9.17, 15) is 8.78 Å². The predicted octanol–water partition coefficient (Wildman–Crippen LogP) is 3.04. The van der Waals surface area contributed by atoms with Crippen LogP contribution < -0.4 is 0 Å². The lowest BCUT2D eigenvalue weighted by molar-refractivity contribution is -0.0454. The highest BCUT2D eigenvalue weighted by atomic mass is 19.3. The third-order valence-electron chi connectivity index (χ3n) is 2.24. The Bertz CT molecular complexity index is 99.8. The lowest BCUT2D eigenvalue weighted by Gasteiger charge is -2.27. The van der Waals surface area contributed by atoms with Crippen LogP contribution in [0.5, 0.6) is 0 Å². The highest BCUT2D eigenvalue weighted by molar-refractivity contribution is 4.77. The first-order chi connectivity index (χ1) is 4.64. The molecule has 0 amide bonds. The Balaban J connectivity index is 2.31. The summed E-state index contributed by atoms with van der Waals surface area (Å²) in [6, 6.07) is 0. The van der Waals surface area contributed by atoms with Crippen LogP contribution in [0.1, 0.15) is 32.1 Å². The number of halogens is 2. The van der Waals surface area contributed by atoms with E-state index in [1.165, 1.54) is 0 Å². The Kier molecular flexibility index (Phi) is 2.27. The molecule has 1 fully saturated rings. The molecule has 0 aliphatic heterocycles. The predicted molar refractivity (Wildman–Crippen MR) is 36.9 cm³/mol. The highest BCUT2D eigenvalue weighted by Gasteiger charge is 2.33. The average Bonchev–Trinajstić information content (AvgIpc) is 1.88. The van der Waals surface area contributed by atoms with Crippen LogP contribution in [0.4, 0.5) is 8.78 Å². The van der Waals surface area contributed by atoms with Crippen molar-refractivity contribution < 1.29 is 8.78 Å². The molecule has 1 saturated carbocycles. The van der Waals surface area contributed by atoms with Gasteiger partial charge in [0, 0.05) is 12.8 Å². The highest BCUT2D eigenvalue weighted by Crippen LogP contribution is 2.36. The lowest BCUT2D eigenvalue weighted by atomic mass is 9.85. The molecule has 0 aromatic heterocycles. The third kappa shape index (κ3) is 1.93. The zero-order valence-electron chi connectivity index (χ0n) is 6.08. The summed E-state index contributed by atoms with van der Waals surface area (Å²) in [4.78, 5) is 0. The van der Waals surface area contributed by atoms with Gasteiger partial charge in [0.15, 0.2) is 0 Å². The number of rotatable bonds is 1. The molecule has 0 aromatic rings. The second kappa shape index (κ2) is 2.85. The molecule has 2 heteroatoms. The molecular formula is C8H13F2. The van der Waals surface area contributed by atoms with Gasteiger partial charge in [0.05, 0.1) is 0 Å². The fourth-order valence-electron chi connectivity index (χ4n) is 1.39. The van der Waals surface area contributed by atoms with Crippen molar-refractivity contribution in [2.24, 2.45) is 5.92 Å². The molecule has 1 aliphatic carbocycles. The van der Waals surface area contributed by atoms with Gasteiger partial charge in [-0.2, -0.15) is 0 Å². The van der Waals surface area contributed by atoms with E-state index in [2.05, 4.69) is 6.92 Å². The summed E-state index contributed by atoms with van der Waals surface area (Å²) in [6.45, 7) is 3.71. The molecule has 10 heavy (non-hydrogen) atoms. The van der Waals surface area contributed by atoms with Crippen molar-refractivity contribution in [3.05, 3.63) is 6.92 Å². The summed E-state index contributed by atoms with van der Waals surface area (Å²) >= 11 is 0. The molecule has 0 bridgehead atoms. The summed E-state index contributed by atoms with van der Waals surface area (Å²) in [5.74, 6) is -1.91. The molecule has 59 valence electrons. The second-order valence-electron chi connectivity index (χ2n) is 3.09. The number of alkyl halides is 2.